The van der Waals surface area contributed by atoms with Gasteiger partial charge in [-0.1, -0.05) is 66.7 Å². The van der Waals surface area contributed by atoms with Crippen LogP contribution in [0.15, 0.2) is 114 Å². The van der Waals surface area contributed by atoms with Crippen LogP contribution >= 0.6 is 11.3 Å². The molecule has 37 heavy (non-hydrogen) atoms. The first-order chi connectivity index (χ1) is 18.3. The number of hydrogen-bond acceptors (Lipinski definition) is 3. The van der Waals surface area contributed by atoms with Crippen molar-refractivity contribution >= 4 is 86.2 Å². The number of pyridine rings is 1. The average Bonchev–Trinajstić information content (AvgIpc) is 3.61. The van der Waals surface area contributed by atoms with Crippen molar-refractivity contribution in [2.75, 3.05) is 0 Å². The molecule has 0 N–H and O–H groups in total. The maximum atomic E-state index is 6.50. The average molecular weight is 491 g/mol. The molecule has 0 atom stereocenters. The van der Waals surface area contributed by atoms with E-state index in [2.05, 4.69) is 94.5 Å². The summed E-state index contributed by atoms with van der Waals surface area (Å²) in [7, 11) is 0. The summed E-state index contributed by atoms with van der Waals surface area (Å²) in [6.45, 7) is 0. The summed E-state index contributed by atoms with van der Waals surface area (Å²) < 4.78 is 11.5. The van der Waals surface area contributed by atoms with E-state index in [-0.39, 0.29) is 0 Å². The minimum Gasteiger partial charge on any atom is -0.454 e. The Morgan fingerprint density at radius 1 is 0.649 bits per heavy atom. The molecular formula is C33H18N2OS. The summed E-state index contributed by atoms with van der Waals surface area (Å²) in [6.07, 6.45) is 1.87. The molecule has 0 aliphatic heterocycles. The Morgan fingerprint density at radius 2 is 1.49 bits per heavy atom. The molecule has 4 heteroatoms. The summed E-state index contributed by atoms with van der Waals surface area (Å²) in [5.74, 6) is 0. The van der Waals surface area contributed by atoms with Crippen molar-refractivity contribution in [1.82, 2.24) is 9.55 Å². The molecule has 0 aliphatic rings. The van der Waals surface area contributed by atoms with Gasteiger partial charge in [-0.3, -0.25) is 4.98 Å². The van der Waals surface area contributed by atoms with Crippen LogP contribution in [0, 0.1) is 0 Å². The van der Waals surface area contributed by atoms with Gasteiger partial charge in [-0.15, -0.1) is 11.3 Å². The predicted octanol–water partition coefficient (Wildman–Crippen LogP) is 9.60. The topological polar surface area (TPSA) is 31.0 Å². The molecular weight excluding hydrogens is 472 g/mol. The van der Waals surface area contributed by atoms with Crippen LogP contribution in [0.25, 0.3) is 80.5 Å². The second kappa shape index (κ2) is 6.96. The Morgan fingerprint density at radius 3 is 2.46 bits per heavy atom. The van der Waals surface area contributed by atoms with E-state index in [0.29, 0.717) is 0 Å². The number of aromatic nitrogens is 2. The van der Waals surface area contributed by atoms with Crippen LogP contribution < -0.4 is 0 Å². The van der Waals surface area contributed by atoms with E-state index in [1.165, 1.54) is 47.4 Å². The Balaban J connectivity index is 1.50. The molecule has 0 aliphatic carbocycles. The molecule has 9 aromatic rings. The van der Waals surface area contributed by atoms with Crippen molar-refractivity contribution < 1.29 is 4.42 Å². The zero-order valence-corrected chi connectivity index (χ0v) is 20.4. The number of fused-ring (bicyclic) bond motifs is 11. The van der Waals surface area contributed by atoms with Gasteiger partial charge in [-0.2, -0.15) is 0 Å². The van der Waals surface area contributed by atoms with Crippen molar-refractivity contribution in [3.8, 4) is 5.69 Å². The molecule has 0 saturated carbocycles. The van der Waals surface area contributed by atoms with Crippen LogP contribution in [0.5, 0.6) is 0 Å². The predicted molar refractivity (Wildman–Crippen MR) is 156 cm³/mol. The molecule has 5 aromatic carbocycles. The molecule has 9 rings (SSSR count). The first kappa shape index (κ1) is 19.5. The Kier molecular flexibility index (Phi) is 3.67. The van der Waals surface area contributed by atoms with Gasteiger partial charge < -0.3 is 8.98 Å². The lowest BCUT2D eigenvalue weighted by molar-refractivity contribution is 0.666. The summed E-state index contributed by atoms with van der Waals surface area (Å²) in [5, 5.41) is 8.51. The van der Waals surface area contributed by atoms with Crippen molar-refractivity contribution in [2.24, 2.45) is 0 Å². The summed E-state index contributed by atoms with van der Waals surface area (Å²) in [6, 6.07) is 36.7. The Bertz CT molecular complexity index is 2370. The molecule has 0 fully saturated rings. The van der Waals surface area contributed by atoms with Crippen LogP contribution in [0.3, 0.4) is 0 Å². The maximum Gasteiger partial charge on any atom is 0.159 e. The SMILES string of the molecule is c1cnc2cc3sc4c(ccc5c6ccccc6n(-c6cccc7c6oc6ccccc67)c54)c3cc2c1. The minimum atomic E-state index is 0.914. The van der Waals surface area contributed by atoms with Crippen LogP contribution in [-0.4, -0.2) is 9.55 Å². The van der Waals surface area contributed by atoms with Crippen molar-refractivity contribution in [3.63, 3.8) is 0 Å². The van der Waals surface area contributed by atoms with Gasteiger partial charge in [-0.05, 0) is 36.4 Å². The van der Waals surface area contributed by atoms with E-state index in [1.807, 2.05) is 35.7 Å². The number of benzene rings is 5. The lowest BCUT2D eigenvalue weighted by Crippen LogP contribution is -1.94. The zero-order chi connectivity index (χ0) is 24.1. The fraction of sp³-hybridized carbons (Fsp3) is 0. The highest BCUT2D eigenvalue weighted by atomic mass is 32.1. The molecule has 172 valence electrons. The maximum absolute atomic E-state index is 6.50. The summed E-state index contributed by atoms with van der Waals surface area (Å²) >= 11 is 1.85. The molecule has 0 unspecified atom stereocenters. The van der Waals surface area contributed by atoms with Crippen LogP contribution in [-0.2, 0) is 0 Å². The van der Waals surface area contributed by atoms with E-state index in [0.717, 1.165) is 33.1 Å². The van der Waals surface area contributed by atoms with Crippen molar-refractivity contribution in [3.05, 3.63) is 109 Å². The fourth-order valence-corrected chi connectivity index (χ4v) is 7.26. The highest BCUT2D eigenvalue weighted by molar-refractivity contribution is 7.26. The summed E-state index contributed by atoms with van der Waals surface area (Å²) in [4.78, 5) is 4.61. The molecule has 4 heterocycles. The molecule has 4 aromatic heterocycles. The van der Waals surface area contributed by atoms with Crippen molar-refractivity contribution in [1.29, 1.82) is 0 Å². The number of nitrogens with zero attached hydrogens (tertiary/aromatic N) is 2. The quantitative estimate of drug-likeness (QED) is 0.229. The highest BCUT2D eigenvalue weighted by Gasteiger charge is 2.20. The summed E-state index contributed by atoms with van der Waals surface area (Å²) in [5.41, 5.74) is 6.34. The third-order valence-corrected chi connectivity index (χ3v) is 8.80. The lowest BCUT2D eigenvalue weighted by Gasteiger charge is -2.09. The Labute approximate surface area is 214 Å². The van der Waals surface area contributed by atoms with Crippen LogP contribution in [0.4, 0.5) is 0 Å². The first-order valence-electron chi connectivity index (χ1n) is 12.4. The Hall–Kier alpha value is -4.67. The number of para-hydroxylation sites is 3. The number of furan rings is 1. The lowest BCUT2D eigenvalue weighted by atomic mass is 10.1. The molecule has 0 amide bonds. The second-order valence-electron chi connectivity index (χ2n) is 9.59. The number of thiophene rings is 1. The van der Waals surface area contributed by atoms with Gasteiger partial charge in [0.05, 0.1) is 26.9 Å². The zero-order valence-electron chi connectivity index (χ0n) is 19.6. The second-order valence-corrected chi connectivity index (χ2v) is 10.6. The number of hydrogen-bond donors (Lipinski definition) is 0. The van der Waals surface area contributed by atoms with Crippen molar-refractivity contribution in [2.45, 2.75) is 0 Å². The number of rotatable bonds is 1. The standard InChI is InChI=1S/C33H18N2OS/c1-3-11-27-20(8-1)22-14-15-24-25-17-19-7-6-16-34-26(19)18-30(25)37-33(24)31(22)35(27)28-12-5-10-23-21-9-2-4-13-29(21)36-32(23)28/h1-18H. The molecule has 0 radical (unpaired) electrons. The van der Waals surface area contributed by atoms with Crippen LogP contribution in [0.1, 0.15) is 0 Å². The third kappa shape index (κ3) is 2.52. The van der Waals surface area contributed by atoms with Crippen LogP contribution in [0.2, 0.25) is 0 Å². The monoisotopic (exact) mass is 490 g/mol. The van der Waals surface area contributed by atoms with E-state index in [4.69, 9.17) is 4.42 Å². The molecule has 3 nitrogen and oxygen atoms in total. The van der Waals surface area contributed by atoms with Gasteiger partial charge in [0.2, 0.25) is 0 Å². The normalized spacial score (nSPS) is 12.3. The molecule has 0 bridgehead atoms. The van der Waals surface area contributed by atoms with E-state index in [9.17, 15) is 0 Å². The van der Waals surface area contributed by atoms with Gasteiger partial charge in [0, 0.05) is 48.6 Å². The van der Waals surface area contributed by atoms with E-state index >= 15 is 0 Å². The van der Waals surface area contributed by atoms with Gasteiger partial charge >= 0.3 is 0 Å². The molecule has 0 spiro atoms. The fourth-order valence-electron chi connectivity index (χ4n) is 6.01. The van der Waals surface area contributed by atoms with E-state index < -0.39 is 0 Å². The smallest absolute Gasteiger partial charge is 0.159 e. The largest absolute Gasteiger partial charge is 0.454 e. The highest BCUT2D eigenvalue weighted by Crippen LogP contribution is 2.45. The van der Waals surface area contributed by atoms with E-state index in [1.54, 1.807) is 0 Å². The van der Waals surface area contributed by atoms with Gasteiger partial charge in [0.25, 0.3) is 0 Å². The minimum absolute atomic E-state index is 0.914. The van der Waals surface area contributed by atoms with Gasteiger partial charge in [0.1, 0.15) is 5.58 Å². The molecule has 0 saturated heterocycles. The first-order valence-corrected chi connectivity index (χ1v) is 13.2. The van der Waals surface area contributed by atoms with Gasteiger partial charge in [-0.25, -0.2) is 0 Å². The third-order valence-electron chi connectivity index (χ3n) is 7.62. The van der Waals surface area contributed by atoms with Gasteiger partial charge in [0.15, 0.2) is 5.58 Å².